The molecule has 1 aliphatic heterocycles. The fraction of sp³-hybridized carbons (Fsp3) is 0.619. The highest BCUT2D eigenvalue weighted by atomic mass is 16.2. The van der Waals surface area contributed by atoms with Gasteiger partial charge in [0, 0.05) is 19.0 Å². The summed E-state index contributed by atoms with van der Waals surface area (Å²) in [6.07, 6.45) is 9.21. The molecule has 2 amide bonds. The first-order chi connectivity index (χ1) is 12.2. The summed E-state index contributed by atoms with van der Waals surface area (Å²) in [5, 5.41) is 0. The smallest absolute Gasteiger partial charge is 0.242 e. The summed E-state index contributed by atoms with van der Waals surface area (Å²) < 4.78 is 0. The summed E-state index contributed by atoms with van der Waals surface area (Å²) in [5.41, 5.74) is 2.72. The van der Waals surface area contributed by atoms with E-state index < -0.39 is 0 Å². The van der Waals surface area contributed by atoms with E-state index in [1.54, 1.807) is 4.90 Å². The SMILES string of the molecule is O=C1CCCCCN1CC(=O)N(C1CC1)C1CCCc2ccccc21. The number of amides is 2. The van der Waals surface area contributed by atoms with Gasteiger partial charge in [-0.3, -0.25) is 9.59 Å². The Bertz CT molecular complexity index is 653. The van der Waals surface area contributed by atoms with Gasteiger partial charge in [-0.25, -0.2) is 0 Å². The normalized spacial score (nSPS) is 23.8. The molecule has 1 saturated heterocycles. The molecule has 3 aliphatic rings. The Balaban J connectivity index is 1.54. The summed E-state index contributed by atoms with van der Waals surface area (Å²) in [4.78, 5) is 29.4. The molecule has 4 nitrogen and oxygen atoms in total. The highest BCUT2D eigenvalue weighted by Crippen LogP contribution is 2.40. The van der Waals surface area contributed by atoms with Crippen molar-refractivity contribution in [2.24, 2.45) is 0 Å². The number of carbonyl (C=O) groups excluding carboxylic acids is 2. The summed E-state index contributed by atoms with van der Waals surface area (Å²) in [5.74, 6) is 0.310. The van der Waals surface area contributed by atoms with Crippen molar-refractivity contribution in [1.29, 1.82) is 0 Å². The summed E-state index contributed by atoms with van der Waals surface area (Å²) in [6.45, 7) is 1.01. The van der Waals surface area contributed by atoms with Gasteiger partial charge >= 0.3 is 0 Å². The van der Waals surface area contributed by atoms with Crippen molar-refractivity contribution in [2.75, 3.05) is 13.1 Å². The van der Waals surface area contributed by atoms with Gasteiger partial charge in [0.25, 0.3) is 0 Å². The zero-order valence-electron chi connectivity index (χ0n) is 15.0. The van der Waals surface area contributed by atoms with Crippen LogP contribution in [0.25, 0.3) is 0 Å². The van der Waals surface area contributed by atoms with Crippen LogP contribution < -0.4 is 0 Å². The van der Waals surface area contributed by atoms with Gasteiger partial charge in [-0.05, 0) is 56.1 Å². The van der Waals surface area contributed by atoms with Gasteiger partial charge in [-0.15, -0.1) is 0 Å². The number of hydrogen-bond donors (Lipinski definition) is 0. The first kappa shape index (κ1) is 16.6. The molecular weight excluding hydrogens is 312 g/mol. The second-order valence-electron chi connectivity index (χ2n) is 7.76. The van der Waals surface area contributed by atoms with E-state index in [4.69, 9.17) is 0 Å². The Labute approximate surface area is 150 Å². The molecule has 0 radical (unpaired) electrons. The molecule has 4 rings (SSSR count). The van der Waals surface area contributed by atoms with Crippen molar-refractivity contribution in [3.63, 3.8) is 0 Å². The molecule has 0 spiro atoms. The number of carbonyl (C=O) groups is 2. The van der Waals surface area contributed by atoms with Crippen LogP contribution in [0.4, 0.5) is 0 Å². The minimum atomic E-state index is 0.152. The van der Waals surface area contributed by atoms with Gasteiger partial charge in [0.2, 0.25) is 11.8 Å². The first-order valence-corrected chi connectivity index (χ1v) is 9.91. The maximum absolute atomic E-state index is 13.2. The molecule has 25 heavy (non-hydrogen) atoms. The highest BCUT2D eigenvalue weighted by molar-refractivity contribution is 5.85. The van der Waals surface area contributed by atoms with Crippen LogP contribution in [0.15, 0.2) is 24.3 Å². The minimum Gasteiger partial charge on any atom is -0.333 e. The molecule has 134 valence electrons. The van der Waals surface area contributed by atoms with Gasteiger partial charge in [-0.1, -0.05) is 30.7 Å². The lowest BCUT2D eigenvalue weighted by Crippen LogP contribution is -2.45. The average Bonchev–Trinajstić information content (AvgIpc) is 3.46. The summed E-state index contributed by atoms with van der Waals surface area (Å²) in [7, 11) is 0. The van der Waals surface area contributed by atoms with Crippen LogP contribution in [0.2, 0.25) is 0 Å². The molecule has 1 aromatic carbocycles. The van der Waals surface area contributed by atoms with Crippen molar-refractivity contribution in [3.8, 4) is 0 Å². The van der Waals surface area contributed by atoms with E-state index in [1.165, 1.54) is 11.1 Å². The van der Waals surface area contributed by atoms with E-state index in [-0.39, 0.29) is 24.4 Å². The van der Waals surface area contributed by atoms with Crippen LogP contribution in [-0.4, -0.2) is 40.7 Å². The van der Waals surface area contributed by atoms with Crippen molar-refractivity contribution >= 4 is 11.8 Å². The van der Waals surface area contributed by atoms with Gasteiger partial charge in [0.1, 0.15) is 0 Å². The third kappa shape index (κ3) is 3.58. The zero-order valence-corrected chi connectivity index (χ0v) is 15.0. The molecule has 1 saturated carbocycles. The first-order valence-electron chi connectivity index (χ1n) is 9.91. The van der Waals surface area contributed by atoms with E-state index in [0.717, 1.165) is 57.9 Å². The summed E-state index contributed by atoms with van der Waals surface area (Å²) >= 11 is 0. The van der Waals surface area contributed by atoms with E-state index in [0.29, 0.717) is 12.5 Å². The Morgan fingerprint density at radius 3 is 2.72 bits per heavy atom. The molecule has 4 heteroatoms. The molecule has 0 N–H and O–H groups in total. The molecule has 0 bridgehead atoms. The number of benzene rings is 1. The average molecular weight is 340 g/mol. The molecule has 1 aromatic rings. The van der Waals surface area contributed by atoms with Crippen molar-refractivity contribution in [1.82, 2.24) is 9.80 Å². The van der Waals surface area contributed by atoms with Gasteiger partial charge < -0.3 is 9.80 Å². The number of rotatable bonds is 4. The lowest BCUT2D eigenvalue weighted by molar-refractivity contribution is -0.142. The van der Waals surface area contributed by atoms with Crippen LogP contribution in [0.3, 0.4) is 0 Å². The second kappa shape index (κ2) is 7.19. The molecule has 0 aromatic heterocycles. The Morgan fingerprint density at radius 1 is 1.04 bits per heavy atom. The third-order valence-electron chi connectivity index (χ3n) is 5.90. The van der Waals surface area contributed by atoms with Crippen molar-refractivity contribution in [2.45, 2.75) is 69.9 Å². The number of likely N-dealkylation sites (tertiary alicyclic amines) is 1. The maximum Gasteiger partial charge on any atom is 0.242 e. The zero-order chi connectivity index (χ0) is 17.2. The van der Waals surface area contributed by atoms with Crippen molar-refractivity contribution in [3.05, 3.63) is 35.4 Å². The lowest BCUT2D eigenvalue weighted by Gasteiger charge is -2.37. The Morgan fingerprint density at radius 2 is 1.88 bits per heavy atom. The molecule has 1 heterocycles. The predicted octanol–water partition coefficient (Wildman–Crippen LogP) is 3.46. The van der Waals surface area contributed by atoms with Crippen LogP contribution in [-0.2, 0) is 16.0 Å². The topological polar surface area (TPSA) is 40.6 Å². The summed E-state index contributed by atoms with van der Waals surface area (Å²) in [6, 6.07) is 9.16. The maximum atomic E-state index is 13.2. The van der Waals surface area contributed by atoms with Crippen LogP contribution in [0, 0.1) is 0 Å². The van der Waals surface area contributed by atoms with E-state index in [1.807, 2.05) is 0 Å². The molecule has 1 atom stereocenters. The predicted molar refractivity (Wildman–Crippen MR) is 97.0 cm³/mol. The molecule has 2 aliphatic carbocycles. The number of nitrogens with zero attached hydrogens (tertiary/aromatic N) is 2. The molecular formula is C21H28N2O2. The second-order valence-corrected chi connectivity index (χ2v) is 7.76. The molecule has 1 unspecified atom stereocenters. The van der Waals surface area contributed by atoms with Crippen LogP contribution in [0.5, 0.6) is 0 Å². The quantitative estimate of drug-likeness (QED) is 0.842. The van der Waals surface area contributed by atoms with Crippen LogP contribution >= 0.6 is 0 Å². The molecule has 2 fully saturated rings. The number of aryl methyl sites for hydroxylation is 1. The number of fused-ring (bicyclic) bond motifs is 1. The highest BCUT2D eigenvalue weighted by Gasteiger charge is 2.40. The van der Waals surface area contributed by atoms with Gasteiger partial charge in [0.15, 0.2) is 0 Å². The standard InChI is InChI=1S/C21H28N2O2/c24-20-11-2-1-5-14-22(20)15-21(25)23(17-12-13-17)19-10-6-8-16-7-3-4-9-18(16)19/h3-4,7,9,17,19H,1-2,5-6,8,10-15H2. The largest absolute Gasteiger partial charge is 0.333 e. The Kier molecular flexibility index (Phi) is 4.78. The van der Waals surface area contributed by atoms with E-state index in [2.05, 4.69) is 29.2 Å². The fourth-order valence-electron chi connectivity index (χ4n) is 4.45. The van der Waals surface area contributed by atoms with E-state index >= 15 is 0 Å². The third-order valence-corrected chi connectivity index (χ3v) is 5.90. The minimum absolute atomic E-state index is 0.152. The Hall–Kier alpha value is -1.84. The van der Waals surface area contributed by atoms with Gasteiger partial charge in [0.05, 0.1) is 12.6 Å². The van der Waals surface area contributed by atoms with Gasteiger partial charge in [-0.2, -0.15) is 0 Å². The fourth-order valence-corrected chi connectivity index (χ4v) is 4.45. The van der Waals surface area contributed by atoms with Crippen LogP contribution in [0.1, 0.15) is 68.5 Å². The van der Waals surface area contributed by atoms with Crippen molar-refractivity contribution < 1.29 is 9.59 Å². The van der Waals surface area contributed by atoms with E-state index in [9.17, 15) is 9.59 Å². The lowest BCUT2D eigenvalue weighted by atomic mass is 9.86. The monoisotopic (exact) mass is 340 g/mol. The number of hydrogen-bond acceptors (Lipinski definition) is 2.